The van der Waals surface area contributed by atoms with Gasteiger partial charge in [-0.05, 0) is 64.1 Å². The molecule has 0 N–H and O–H groups in total. The van der Waals surface area contributed by atoms with Crippen LogP contribution in [0, 0.1) is 0 Å². The fourth-order valence-electron chi connectivity index (χ4n) is 9.34. The molecule has 0 aliphatic carbocycles. The van der Waals surface area contributed by atoms with Crippen LogP contribution in [0.15, 0.2) is 182 Å². The summed E-state index contributed by atoms with van der Waals surface area (Å²) in [7, 11) is -3.01. The summed E-state index contributed by atoms with van der Waals surface area (Å²) >= 11 is 0. The Kier molecular flexibility index (Phi) is 5.77. The monoisotopic (exact) mass is 694 g/mol. The minimum Gasteiger partial charge on any atom is -0.457 e. The van der Waals surface area contributed by atoms with Crippen molar-refractivity contribution in [2.24, 2.45) is 0 Å². The number of nitrogens with zero attached hydrogens (tertiary/aromatic N) is 2. The minimum absolute atomic E-state index is 0.853. The Morgan fingerprint density at radius 3 is 1.38 bits per heavy atom. The number of para-hydroxylation sites is 6. The van der Waals surface area contributed by atoms with Crippen molar-refractivity contribution in [1.82, 2.24) is 9.13 Å². The Morgan fingerprint density at radius 1 is 0.340 bits per heavy atom. The molecule has 0 fully saturated rings. The zero-order chi connectivity index (χ0) is 34.7. The van der Waals surface area contributed by atoms with Crippen molar-refractivity contribution in [3.8, 4) is 34.4 Å². The van der Waals surface area contributed by atoms with Gasteiger partial charge in [0.2, 0.25) is 0 Å². The maximum Gasteiger partial charge on any atom is 0.197 e. The number of hydrogen-bond donors (Lipinski definition) is 0. The Balaban J connectivity index is 1.20. The van der Waals surface area contributed by atoms with Crippen LogP contribution in [0.4, 0.5) is 0 Å². The third-order valence-corrected chi connectivity index (χ3v) is 16.3. The number of ether oxygens (including phenoxy) is 2. The molecule has 2 aliphatic heterocycles. The van der Waals surface area contributed by atoms with Gasteiger partial charge in [0.15, 0.2) is 8.07 Å². The van der Waals surface area contributed by atoms with Gasteiger partial charge in [-0.1, -0.05) is 121 Å². The van der Waals surface area contributed by atoms with Gasteiger partial charge < -0.3 is 18.6 Å². The SMILES string of the molecule is c1ccc(-n2c3ccccc3c3cc([Si]45c6ccccc6Oc6cc(-n7c8ccccc8c8ccccc87)cc(c64)Oc4ccccc45)ccc32)cc1. The number of aromatic nitrogens is 2. The van der Waals surface area contributed by atoms with Gasteiger partial charge >= 0.3 is 0 Å². The molecule has 5 heteroatoms. The van der Waals surface area contributed by atoms with E-state index in [2.05, 4.69) is 191 Å². The Bertz CT molecular complexity index is 3020. The van der Waals surface area contributed by atoms with Crippen LogP contribution < -0.4 is 30.2 Å². The van der Waals surface area contributed by atoms with Crippen LogP contribution in [-0.4, -0.2) is 17.2 Å². The molecule has 10 aromatic rings. The molecular weight excluding hydrogens is 665 g/mol. The second-order valence-corrected chi connectivity index (χ2v) is 17.7. The second-order valence-electron chi connectivity index (χ2n) is 14.1. The van der Waals surface area contributed by atoms with E-state index < -0.39 is 8.07 Å². The average molecular weight is 695 g/mol. The van der Waals surface area contributed by atoms with E-state index in [0.29, 0.717) is 0 Å². The Hall–Kier alpha value is -6.82. The molecule has 0 radical (unpaired) electrons. The molecule has 4 heterocycles. The molecule has 0 saturated heterocycles. The Labute approximate surface area is 306 Å². The van der Waals surface area contributed by atoms with Crippen LogP contribution >= 0.6 is 0 Å². The fourth-order valence-corrected chi connectivity index (χ4v) is 14.5. The molecule has 0 amide bonds. The lowest BCUT2D eigenvalue weighted by Crippen LogP contribution is -2.77. The van der Waals surface area contributed by atoms with Crippen LogP contribution in [0.25, 0.3) is 55.0 Å². The summed E-state index contributed by atoms with van der Waals surface area (Å²) in [6.45, 7) is 0. The van der Waals surface area contributed by atoms with Crippen molar-refractivity contribution in [3.63, 3.8) is 0 Å². The van der Waals surface area contributed by atoms with Gasteiger partial charge in [-0.2, -0.15) is 0 Å². The first-order valence-electron chi connectivity index (χ1n) is 18.1. The zero-order valence-electron chi connectivity index (χ0n) is 28.5. The molecule has 0 spiro atoms. The summed E-state index contributed by atoms with van der Waals surface area (Å²) in [5, 5.41) is 9.85. The van der Waals surface area contributed by atoms with Crippen molar-refractivity contribution < 1.29 is 9.47 Å². The normalized spacial score (nSPS) is 13.7. The van der Waals surface area contributed by atoms with Crippen LogP contribution in [-0.2, 0) is 0 Å². The van der Waals surface area contributed by atoms with E-state index in [1.54, 1.807) is 0 Å². The third kappa shape index (κ3) is 3.78. The third-order valence-electron chi connectivity index (χ3n) is 11.4. The summed E-state index contributed by atoms with van der Waals surface area (Å²) < 4.78 is 18.8. The lowest BCUT2D eigenvalue weighted by molar-refractivity contribution is 0.463. The highest BCUT2D eigenvalue weighted by molar-refractivity contribution is 7.21. The van der Waals surface area contributed by atoms with Crippen LogP contribution in [0.3, 0.4) is 0 Å². The van der Waals surface area contributed by atoms with Gasteiger partial charge in [0, 0.05) is 44.6 Å². The average Bonchev–Trinajstić information content (AvgIpc) is 3.73. The molecule has 2 aromatic heterocycles. The van der Waals surface area contributed by atoms with E-state index in [0.717, 1.165) is 50.6 Å². The maximum atomic E-state index is 7.01. The highest BCUT2D eigenvalue weighted by Crippen LogP contribution is 2.42. The van der Waals surface area contributed by atoms with E-state index in [4.69, 9.17) is 9.47 Å². The molecule has 0 saturated carbocycles. The van der Waals surface area contributed by atoms with Gasteiger partial charge in [-0.15, -0.1) is 0 Å². The van der Waals surface area contributed by atoms with Gasteiger partial charge in [0.1, 0.15) is 23.0 Å². The second kappa shape index (κ2) is 10.6. The van der Waals surface area contributed by atoms with Crippen LogP contribution in [0.5, 0.6) is 23.0 Å². The van der Waals surface area contributed by atoms with Gasteiger partial charge in [0.05, 0.1) is 27.8 Å². The van der Waals surface area contributed by atoms with Crippen molar-refractivity contribution >= 4 is 72.4 Å². The number of rotatable bonds is 3. The summed E-state index contributed by atoms with van der Waals surface area (Å²) in [5.74, 6) is 3.51. The number of fused-ring (bicyclic) bond motifs is 10. The molecule has 53 heavy (non-hydrogen) atoms. The molecule has 0 atom stereocenters. The lowest BCUT2D eigenvalue weighted by atomic mass is 10.1. The van der Waals surface area contributed by atoms with Gasteiger partial charge in [-0.3, -0.25) is 0 Å². The molecule has 12 rings (SSSR count). The first kappa shape index (κ1) is 28.8. The number of benzene rings is 8. The quantitative estimate of drug-likeness (QED) is 0.173. The summed E-state index contributed by atoms with van der Waals surface area (Å²) in [5.41, 5.74) is 6.85. The van der Waals surface area contributed by atoms with Crippen molar-refractivity contribution in [2.75, 3.05) is 0 Å². The highest BCUT2D eigenvalue weighted by Gasteiger charge is 2.54. The van der Waals surface area contributed by atoms with E-state index in [-0.39, 0.29) is 0 Å². The van der Waals surface area contributed by atoms with E-state index in [9.17, 15) is 0 Å². The van der Waals surface area contributed by atoms with E-state index in [1.807, 2.05) is 0 Å². The molecular formula is C48H30N2O2Si. The molecule has 0 unspecified atom stereocenters. The molecule has 8 aromatic carbocycles. The Morgan fingerprint density at radius 2 is 0.792 bits per heavy atom. The summed E-state index contributed by atoms with van der Waals surface area (Å²) in [6, 6.07) is 65.7. The zero-order valence-corrected chi connectivity index (χ0v) is 29.5. The van der Waals surface area contributed by atoms with Gasteiger partial charge in [0.25, 0.3) is 0 Å². The molecule has 2 aliphatic rings. The highest BCUT2D eigenvalue weighted by atomic mass is 28.3. The van der Waals surface area contributed by atoms with Crippen molar-refractivity contribution in [2.45, 2.75) is 0 Å². The van der Waals surface area contributed by atoms with Crippen molar-refractivity contribution in [1.29, 1.82) is 0 Å². The first-order valence-corrected chi connectivity index (χ1v) is 20.1. The smallest absolute Gasteiger partial charge is 0.197 e. The van der Waals surface area contributed by atoms with Crippen molar-refractivity contribution in [3.05, 3.63) is 182 Å². The fraction of sp³-hybridized carbons (Fsp3) is 0. The van der Waals surface area contributed by atoms with E-state index in [1.165, 1.54) is 48.1 Å². The van der Waals surface area contributed by atoms with Gasteiger partial charge in [-0.25, -0.2) is 0 Å². The summed E-state index contributed by atoms with van der Waals surface area (Å²) in [4.78, 5) is 0. The first-order chi connectivity index (χ1) is 26.3. The largest absolute Gasteiger partial charge is 0.457 e. The number of hydrogen-bond acceptors (Lipinski definition) is 2. The molecule has 0 bridgehead atoms. The predicted molar refractivity (Wildman–Crippen MR) is 219 cm³/mol. The minimum atomic E-state index is -3.01. The predicted octanol–water partition coefficient (Wildman–Crippen LogP) is 9.47. The lowest BCUT2D eigenvalue weighted by Gasteiger charge is -2.43. The van der Waals surface area contributed by atoms with Crippen LogP contribution in [0.2, 0.25) is 0 Å². The summed E-state index contributed by atoms with van der Waals surface area (Å²) in [6.07, 6.45) is 0. The standard InChI is InChI=1S/C48H30N2O2Si/c1-2-14-31(15-3-1)49-40-21-9-6-18-36(40)37-30-33(26-27-41(37)49)53-46-24-12-10-22-42(46)51-44-28-32(29-45(48(44)53)52-43-23-11-13-25-47(43)53)50-38-19-7-4-16-34(38)35-17-5-8-20-39(35)50/h1-30H. The van der Waals surface area contributed by atoms with E-state index >= 15 is 0 Å². The maximum absolute atomic E-state index is 7.01. The molecule has 248 valence electrons. The van der Waals surface area contributed by atoms with Crippen LogP contribution in [0.1, 0.15) is 0 Å². The molecule has 4 nitrogen and oxygen atoms in total. The topological polar surface area (TPSA) is 28.3 Å².